The summed E-state index contributed by atoms with van der Waals surface area (Å²) in [7, 11) is -3.44. The van der Waals surface area contributed by atoms with Crippen molar-refractivity contribution in [2.75, 3.05) is 11.6 Å². The molecule has 30 heavy (non-hydrogen) atoms. The molecule has 3 rings (SSSR count). The molecule has 2 aromatic carbocycles. The Morgan fingerprint density at radius 2 is 1.63 bits per heavy atom. The van der Waals surface area contributed by atoms with Crippen molar-refractivity contribution in [3.63, 3.8) is 0 Å². The summed E-state index contributed by atoms with van der Waals surface area (Å²) in [4.78, 5) is 9.08. The van der Waals surface area contributed by atoms with Crippen molar-refractivity contribution in [3.8, 4) is 0 Å². The van der Waals surface area contributed by atoms with Crippen LogP contribution in [0, 0.1) is 18.6 Å². The highest BCUT2D eigenvalue weighted by molar-refractivity contribution is 7.90. The van der Waals surface area contributed by atoms with Crippen molar-refractivity contribution in [1.29, 1.82) is 0 Å². The summed E-state index contributed by atoms with van der Waals surface area (Å²) in [6, 6.07) is 11.0. The van der Waals surface area contributed by atoms with Crippen LogP contribution in [0.1, 0.15) is 48.5 Å². The Labute approximate surface area is 175 Å². The number of halogens is 2. The minimum absolute atomic E-state index is 0.0979. The zero-order valence-electron chi connectivity index (χ0n) is 17.1. The topological polar surface area (TPSA) is 72.0 Å². The number of nitrogens with zero attached hydrogens (tertiary/aromatic N) is 2. The second-order valence-electron chi connectivity index (χ2n) is 7.50. The Hall–Kier alpha value is -2.87. The van der Waals surface area contributed by atoms with Crippen LogP contribution in [-0.4, -0.2) is 24.6 Å². The lowest BCUT2D eigenvalue weighted by Crippen LogP contribution is -2.16. The number of aromatic nitrogens is 2. The van der Waals surface area contributed by atoms with Crippen molar-refractivity contribution in [3.05, 3.63) is 82.8 Å². The molecule has 1 aromatic heterocycles. The van der Waals surface area contributed by atoms with Gasteiger partial charge in [0, 0.05) is 23.9 Å². The van der Waals surface area contributed by atoms with Crippen LogP contribution in [-0.2, 0) is 9.84 Å². The van der Waals surface area contributed by atoms with Crippen LogP contribution in [0.25, 0.3) is 0 Å². The molecule has 0 amide bonds. The van der Waals surface area contributed by atoms with Gasteiger partial charge in [0.05, 0.1) is 10.9 Å². The average Bonchev–Trinajstić information content (AvgIpc) is 2.67. The van der Waals surface area contributed by atoms with Gasteiger partial charge in [-0.05, 0) is 42.3 Å². The first-order chi connectivity index (χ1) is 14.0. The smallest absolute Gasteiger partial charge is 0.175 e. The maximum atomic E-state index is 14.0. The molecule has 0 spiro atoms. The van der Waals surface area contributed by atoms with Gasteiger partial charge in [-0.2, -0.15) is 0 Å². The molecule has 0 saturated heterocycles. The Bertz CT molecular complexity index is 1180. The summed E-state index contributed by atoms with van der Waals surface area (Å²) in [5.41, 5.74) is 1.76. The van der Waals surface area contributed by atoms with Gasteiger partial charge in [0.25, 0.3) is 0 Å². The van der Waals surface area contributed by atoms with E-state index in [0.717, 1.165) is 24.1 Å². The number of rotatable bonds is 6. The predicted molar refractivity (Wildman–Crippen MR) is 112 cm³/mol. The van der Waals surface area contributed by atoms with Crippen LogP contribution in [0.5, 0.6) is 0 Å². The van der Waals surface area contributed by atoms with Gasteiger partial charge >= 0.3 is 0 Å². The van der Waals surface area contributed by atoms with E-state index < -0.39 is 27.5 Å². The van der Waals surface area contributed by atoms with E-state index in [9.17, 15) is 17.2 Å². The maximum absolute atomic E-state index is 14.0. The number of aryl methyl sites for hydroxylation is 1. The molecule has 5 nitrogen and oxygen atoms in total. The van der Waals surface area contributed by atoms with Crippen LogP contribution < -0.4 is 5.32 Å². The van der Waals surface area contributed by atoms with Gasteiger partial charge in [0.2, 0.25) is 0 Å². The van der Waals surface area contributed by atoms with Gasteiger partial charge in [-0.3, -0.25) is 0 Å². The Balaban J connectivity index is 2.13. The highest BCUT2D eigenvalue weighted by Gasteiger charge is 2.20. The summed E-state index contributed by atoms with van der Waals surface area (Å²) in [5.74, 6) is -0.694. The zero-order valence-corrected chi connectivity index (χ0v) is 18.0. The van der Waals surface area contributed by atoms with E-state index in [4.69, 9.17) is 0 Å². The summed E-state index contributed by atoms with van der Waals surface area (Å²) < 4.78 is 51.5. The second-order valence-corrected chi connectivity index (χ2v) is 9.52. The average molecular weight is 432 g/mol. The molecule has 1 unspecified atom stereocenters. The molecule has 8 heteroatoms. The van der Waals surface area contributed by atoms with Crippen molar-refractivity contribution in [1.82, 2.24) is 9.97 Å². The van der Waals surface area contributed by atoms with Crippen LogP contribution in [0.2, 0.25) is 0 Å². The monoisotopic (exact) mass is 431 g/mol. The van der Waals surface area contributed by atoms with Crippen molar-refractivity contribution >= 4 is 15.7 Å². The summed E-state index contributed by atoms with van der Waals surface area (Å²) >= 11 is 0. The van der Waals surface area contributed by atoms with Gasteiger partial charge < -0.3 is 5.32 Å². The van der Waals surface area contributed by atoms with Crippen LogP contribution in [0.15, 0.2) is 53.4 Å². The number of sulfone groups is 1. The standard InChI is InChI=1S/C22H23F2N3O2S/c1-13(2)22-25-14(3)10-20(27-22)26-21(16-8-9-18(23)19(24)12-16)15-6-5-7-17(11-15)30(4,28)29/h5-13,21H,1-4H3,(H,25,26,27). The normalized spacial score (nSPS) is 12.8. The van der Waals surface area contributed by atoms with Gasteiger partial charge in [-0.1, -0.05) is 32.0 Å². The van der Waals surface area contributed by atoms with Crippen molar-refractivity contribution in [2.24, 2.45) is 0 Å². The molecular weight excluding hydrogens is 408 g/mol. The molecule has 0 saturated carbocycles. The highest BCUT2D eigenvalue weighted by atomic mass is 32.2. The fraction of sp³-hybridized carbons (Fsp3) is 0.273. The number of hydrogen-bond donors (Lipinski definition) is 1. The van der Waals surface area contributed by atoms with Gasteiger partial charge in [-0.25, -0.2) is 27.2 Å². The molecule has 0 aliphatic heterocycles. The first-order valence-electron chi connectivity index (χ1n) is 9.41. The lowest BCUT2D eigenvalue weighted by atomic mass is 9.98. The maximum Gasteiger partial charge on any atom is 0.175 e. The second kappa shape index (κ2) is 8.47. The summed E-state index contributed by atoms with van der Waals surface area (Å²) in [6.45, 7) is 5.79. The fourth-order valence-corrected chi connectivity index (χ4v) is 3.72. The summed E-state index contributed by atoms with van der Waals surface area (Å²) in [5, 5.41) is 3.24. The fourth-order valence-electron chi connectivity index (χ4n) is 3.05. The molecule has 158 valence electrons. The van der Waals surface area contributed by atoms with E-state index in [0.29, 0.717) is 22.8 Å². The molecule has 1 heterocycles. The minimum Gasteiger partial charge on any atom is -0.359 e. The molecule has 0 aliphatic carbocycles. The molecule has 0 fully saturated rings. The Kier molecular flexibility index (Phi) is 6.17. The highest BCUT2D eigenvalue weighted by Crippen LogP contribution is 2.29. The largest absolute Gasteiger partial charge is 0.359 e. The molecule has 0 aliphatic rings. The Morgan fingerprint density at radius 1 is 0.933 bits per heavy atom. The molecule has 1 N–H and O–H groups in total. The minimum atomic E-state index is -3.44. The Morgan fingerprint density at radius 3 is 2.27 bits per heavy atom. The van der Waals surface area contributed by atoms with E-state index in [1.807, 2.05) is 20.8 Å². The SMILES string of the molecule is Cc1cc(NC(c2cccc(S(C)(=O)=O)c2)c2ccc(F)c(F)c2)nc(C(C)C)n1. The third-order valence-electron chi connectivity index (χ3n) is 4.58. The number of benzene rings is 2. The number of nitrogens with one attached hydrogen (secondary N) is 1. The van der Waals surface area contributed by atoms with Gasteiger partial charge in [-0.15, -0.1) is 0 Å². The van der Waals surface area contributed by atoms with E-state index in [1.165, 1.54) is 18.2 Å². The number of anilines is 1. The first kappa shape index (κ1) is 21.8. The molecule has 3 aromatic rings. The lowest BCUT2D eigenvalue weighted by Gasteiger charge is -2.22. The van der Waals surface area contributed by atoms with E-state index in [1.54, 1.807) is 18.2 Å². The molecule has 0 bridgehead atoms. The third kappa shape index (κ3) is 4.99. The van der Waals surface area contributed by atoms with Crippen molar-refractivity contribution < 1.29 is 17.2 Å². The predicted octanol–water partition coefficient (Wildman–Crippen LogP) is 4.79. The van der Waals surface area contributed by atoms with Crippen molar-refractivity contribution in [2.45, 2.75) is 37.6 Å². The molecule has 0 radical (unpaired) electrons. The van der Waals surface area contributed by atoms with Gasteiger partial charge in [0.1, 0.15) is 11.6 Å². The summed E-state index contributed by atoms with van der Waals surface area (Å²) in [6.07, 6.45) is 1.12. The molecule has 1 atom stereocenters. The van der Waals surface area contributed by atoms with Crippen LogP contribution in [0.4, 0.5) is 14.6 Å². The zero-order chi connectivity index (χ0) is 22.1. The van der Waals surface area contributed by atoms with Crippen LogP contribution in [0.3, 0.4) is 0 Å². The number of hydrogen-bond acceptors (Lipinski definition) is 5. The quantitative estimate of drug-likeness (QED) is 0.608. The van der Waals surface area contributed by atoms with E-state index in [-0.39, 0.29) is 10.8 Å². The lowest BCUT2D eigenvalue weighted by molar-refractivity contribution is 0.506. The third-order valence-corrected chi connectivity index (χ3v) is 5.69. The van der Waals surface area contributed by atoms with E-state index >= 15 is 0 Å². The van der Waals surface area contributed by atoms with E-state index in [2.05, 4.69) is 15.3 Å². The molecular formula is C22H23F2N3O2S. The van der Waals surface area contributed by atoms with Gasteiger partial charge in [0.15, 0.2) is 21.5 Å². The van der Waals surface area contributed by atoms with Crippen LogP contribution >= 0.6 is 0 Å². The first-order valence-corrected chi connectivity index (χ1v) is 11.3.